The predicted octanol–water partition coefficient (Wildman–Crippen LogP) is 0.777. The van der Waals surface area contributed by atoms with Crippen molar-refractivity contribution in [3.05, 3.63) is 18.3 Å². The summed E-state index contributed by atoms with van der Waals surface area (Å²) in [6, 6.07) is 3.06. The molecule has 7 nitrogen and oxygen atoms in total. The average Bonchev–Trinajstić information content (AvgIpc) is 3.19. The summed E-state index contributed by atoms with van der Waals surface area (Å²) < 4.78 is 26.6. The van der Waals surface area contributed by atoms with Crippen molar-refractivity contribution in [1.82, 2.24) is 9.29 Å². The molecule has 0 amide bonds. The predicted molar refractivity (Wildman–Crippen MR) is 80.2 cm³/mol. The molecule has 0 unspecified atom stereocenters. The summed E-state index contributed by atoms with van der Waals surface area (Å²) in [5.74, 6) is -0.701. The molecule has 2 fully saturated rings. The molecule has 3 rings (SSSR count). The van der Waals surface area contributed by atoms with Gasteiger partial charge in [-0.2, -0.15) is 4.31 Å². The van der Waals surface area contributed by atoms with Gasteiger partial charge in [-0.3, -0.25) is 4.79 Å². The second-order valence-electron chi connectivity index (χ2n) is 5.73. The van der Waals surface area contributed by atoms with Gasteiger partial charge in [0.25, 0.3) is 0 Å². The van der Waals surface area contributed by atoms with E-state index < -0.39 is 21.9 Å². The molecule has 2 aliphatic heterocycles. The lowest BCUT2D eigenvalue weighted by molar-refractivity contribution is -0.140. The second kappa shape index (κ2) is 5.85. The fourth-order valence-corrected chi connectivity index (χ4v) is 4.50. The van der Waals surface area contributed by atoms with Crippen molar-refractivity contribution in [2.24, 2.45) is 5.92 Å². The molecule has 1 aromatic heterocycles. The van der Waals surface area contributed by atoms with Crippen molar-refractivity contribution in [2.75, 3.05) is 31.1 Å². The topological polar surface area (TPSA) is 90.8 Å². The van der Waals surface area contributed by atoms with E-state index >= 15 is 0 Å². The van der Waals surface area contributed by atoms with Crippen LogP contribution in [0.15, 0.2) is 23.2 Å². The zero-order valence-electron chi connectivity index (χ0n) is 12.2. The molecule has 0 aromatic carbocycles. The summed E-state index contributed by atoms with van der Waals surface area (Å²) in [6.07, 6.45) is 3.82. The van der Waals surface area contributed by atoms with E-state index in [2.05, 4.69) is 4.98 Å². The molecule has 0 saturated carbocycles. The van der Waals surface area contributed by atoms with E-state index in [1.54, 1.807) is 6.07 Å². The molecular weight excluding hydrogens is 306 g/mol. The molecule has 1 N–H and O–H groups in total. The van der Waals surface area contributed by atoms with Crippen LogP contribution < -0.4 is 4.90 Å². The summed E-state index contributed by atoms with van der Waals surface area (Å²) in [7, 11) is -3.47. The number of anilines is 1. The first-order valence-corrected chi connectivity index (χ1v) is 8.86. The number of pyridine rings is 1. The minimum Gasteiger partial charge on any atom is -0.481 e. The zero-order valence-corrected chi connectivity index (χ0v) is 13.0. The first kappa shape index (κ1) is 15.2. The largest absolute Gasteiger partial charge is 0.481 e. The number of aromatic nitrogens is 1. The van der Waals surface area contributed by atoms with Crippen LogP contribution in [0, 0.1) is 5.92 Å². The minimum atomic E-state index is -3.47. The van der Waals surface area contributed by atoms with Crippen molar-refractivity contribution in [3.63, 3.8) is 0 Å². The zero-order chi connectivity index (χ0) is 15.7. The average molecular weight is 325 g/mol. The Hall–Kier alpha value is -1.67. The fourth-order valence-electron chi connectivity index (χ4n) is 2.98. The van der Waals surface area contributed by atoms with E-state index in [0.717, 1.165) is 12.8 Å². The highest BCUT2D eigenvalue weighted by molar-refractivity contribution is 7.89. The first-order valence-electron chi connectivity index (χ1n) is 7.42. The van der Waals surface area contributed by atoms with Crippen molar-refractivity contribution >= 4 is 21.8 Å². The summed E-state index contributed by atoms with van der Waals surface area (Å²) in [5.41, 5.74) is 0. The number of carboxylic acid groups (broad SMARTS) is 1. The van der Waals surface area contributed by atoms with E-state index in [1.807, 2.05) is 4.90 Å². The normalized spacial score (nSPS) is 23.1. The molecule has 0 radical (unpaired) electrons. The highest BCUT2D eigenvalue weighted by Gasteiger charge is 2.31. The summed E-state index contributed by atoms with van der Waals surface area (Å²) in [6.45, 7) is 2.07. The van der Waals surface area contributed by atoms with Crippen LogP contribution in [0.2, 0.25) is 0 Å². The molecule has 3 heterocycles. The van der Waals surface area contributed by atoms with E-state index in [-0.39, 0.29) is 4.90 Å². The lowest BCUT2D eigenvalue weighted by Gasteiger charge is -2.19. The number of hydrogen-bond acceptors (Lipinski definition) is 5. The number of carboxylic acids is 1. The van der Waals surface area contributed by atoms with Gasteiger partial charge in [-0.15, -0.1) is 0 Å². The molecule has 1 atom stereocenters. The SMILES string of the molecule is O=C(O)[C@@H]1CCN(c2cc(S(=O)(=O)N3CCCC3)ccn2)C1. The third-order valence-electron chi connectivity index (χ3n) is 4.28. The summed E-state index contributed by atoms with van der Waals surface area (Å²) in [5, 5.41) is 9.06. The lowest BCUT2D eigenvalue weighted by atomic mass is 10.1. The Kier molecular flexibility index (Phi) is 4.05. The number of sulfonamides is 1. The van der Waals surface area contributed by atoms with Gasteiger partial charge in [0.05, 0.1) is 10.8 Å². The maximum absolute atomic E-state index is 12.6. The number of carbonyl (C=O) groups is 1. The van der Waals surface area contributed by atoms with Gasteiger partial charge in [0.15, 0.2) is 0 Å². The maximum atomic E-state index is 12.6. The summed E-state index contributed by atoms with van der Waals surface area (Å²) in [4.78, 5) is 17.3. The number of hydrogen-bond donors (Lipinski definition) is 1. The van der Waals surface area contributed by atoms with Gasteiger partial charge in [0.2, 0.25) is 10.0 Å². The highest BCUT2D eigenvalue weighted by atomic mass is 32.2. The Balaban J connectivity index is 1.83. The number of nitrogens with zero attached hydrogens (tertiary/aromatic N) is 3. The standard InChI is InChI=1S/C14H19N3O4S/c18-14(19)11-4-8-16(10-11)13-9-12(3-5-15-13)22(20,21)17-6-1-2-7-17/h3,5,9,11H,1-2,4,6-8,10H2,(H,18,19)/t11-/m1/s1. The Morgan fingerprint density at radius 3 is 2.64 bits per heavy atom. The quantitative estimate of drug-likeness (QED) is 0.879. The molecule has 22 heavy (non-hydrogen) atoms. The molecular formula is C14H19N3O4S. The van der Waals surface area contributed by atoms with E-state index in [9.17, 15) is 13.2 Å². The molecule has 8 heteroatoms. The highest BCUT2D eigenvalue weighted by Crippen LogP contribution is 2.26. The second-order valence-corrected chi connectivity index (χ2v) is 7.67. The molecule has 0 bridgehead atoms. The minimum absolute atomic E-state index is 0.234. The number of rotatable bonds is 4. The van der Waals surface area contributed by atoms with Crippen LogP contribution in [-0.2, 0) is 14.8 Å². The van der Waals surface area contributed by atoms with E-state index in [1.165, 1.54) is 16.6 Å². The first-order chi connectivity index (χ1) is 10.5. The Morgan fingerprint density at radius 1 is 1.27 bits per heavy atom. The van der Waals surface area contributed by atoms with E-state index in [4.69, 9.17) is 5.11 Å². The van der Waals surface area contributed by atoms with Gasteiger partial charge in [-0.05, 0) is 25.3 Å². The molecule has 0 aliphatic carbocycles. The maximum Gasteiger partial charge on any atom is 0.308 e. The van der Waals surface area contributed by atoms with E-state index in [0.29, 0.717) is 38.4 Å². The van der Waals surface area contributed by atoms with Crippen LogP contribution in [-0.4, -0.2) is 55.0 Å². The van der Waals surface area contributed by atoms with Crippen molar-refractivity contribution < 1.29 is 18.3 Å². The third kappa shape index (κ3) is 2.80. The lowest BCUT2D eigenvalue weighted by Crippen LogP contribution is -2.28. The molecule has 0 spiro atoms. The summed E-state index contributed by atoms with van der Waals surface area (Å²) >= 11 is 0. The van der Waals surface area contributed by atoms with Gasteiger partial charge < -0.3 is 10.0 Å². The third-order valence-corrected chi connectivity index (χ3v) is 6.18. The van der Waals surface area contributed by atoms with Crippen LogP contribution in [0.3, 0.4) is 0 Å². The van der Waals surface area contributed by atoms with Crippen molar-refractivity contribution in [1.29, 1.82) is 0 Å². The fraction of sp³-hybridized carbons (Fsp3) is 0.571. The van der Waals surface area contributed by atoms with Gasteiger partial charge in [0.1, 0.15) is 5.82 Å². The molecule has 1 aromatic rings. The van der Waals surface area contributed by atoms with Crippen LogP contribution >= 0.6 is 0 Å². The van der Waals surface area contributed by atoms with Gasteiger partial charge in [0, 0.05) is 38.4 Å². The molecule has 2 aliphatic rings. The smallest absolute Gasteiger partial charge is 0.308 e. The van der Waals surface area contributed by atoms with Gasteiger partial charge in [-0.1, -0.05) is 0 Å². The van der Waals surface area contributed by atoms with Crippen LogP contribution in [0.1, 0.15) is 19.3 Å². The van der Waals surface area contributed by atoms with Crippen LogP contribution in [0.5, 0.6) is 0 Å². The van der Waals surface area contributed by atoms with Gasteiger partial charge >= 0.3 is 5.97 Å². The van der Waals surface area contributed by atoms with Gasteiger partial charge in [-0.25, -0.2) is 13.4 Å². The Bertz CT molecular complexity index is 670. The monoisotopic (exact) mass is 325 g/mol. The molecule has 120 valence electrons. The van der Waals surface area contributed by atoms with Crippen LogP contribution in [0.4, 0.5) is 5.82 Å². The van der Waals surface area contributed by atoms with Crippen molar-refractivity contribution in [2.45, 2.75) is 24.2 Å². The number of aliphatic carboxylic acids is 1. The van der Waals surface area contributed by atoms with Crippen LogP contribution in [0.25, 0.3) is 0 Å². The molecule has 2 saturated heterocycles. The Labute approximate surface area is 129 Å². The Morgan fingerprint density at radius 2 is 2.00 bits per heavy atom. The van der Waals surface area contributed by atoms with Crippen molar-refractivity contribution in [3.8, 4) is 0 Å².